The predicted molar refractivity (Wildman–Crippen MR) is 68.6 cm³/mol. The number of nitrogen functional groups attached to an aromatic ring is 1. The Morgan fingerprint density at radius 1 is 1.44 bits per heavy atom. The molecule has 0 radical (unpaired) electrons. The molecule has 0 aliphatic rings. The zero-order valence-corrected chi connectivity index (χ0v) is 10.5. The molecule has 0 atom stereocenters. The molecule has 16 heavy (non-hydrogen) atoms. The fourth-order valence-corrected chi connectivity index (χ4v) is 1.92. The first-order chi connectivity index (χ1) is 7.29. The lowest BCUT2D eigenvalue weighted by atomic mass is 10.2. The average Bonchev–Trinajstić information content (AvgIpc) is 2.14. The molecule has 0 fully saturated rings. The SMILES string of the molecule is CC(C)(C)SCc1ccc(N)c([N+](=O)[O-])c1. The number of nitro benzene ring substituents is 1. The van der Waals surface area contributed by atoms with Gasteiger partial charge < -0.3 is 5.73 Å². The van der Waals surface area contributed by atoms with Gasteiger partial charge in [0.05, 0.1) is 4.92 Å². The Hall–Kier alpha value is -1.23. The Kier molecular flexibility index (Phi) is 3.80. The van der Waals surface area contributed by atoms with Crippen LogP contribution < -0.4 is 5.73 Å². The Labute approximate surface area is 99.4 Å². The number of nitrogens with zero attached hydrogens (tertiary/aromatic N) is 1. The number of thioether (sulfide) groups is 1. The van der Waals surface area contributed by atoms with Crippen molar-refractivity contribution in [1.82, 2.24) is 0 Å². The first kappa shape index (κ1) is 12.8. The topological polar surface area (TPSA) is 69.2 Å². The van der Waals surface area contributed by atoms with E-state index in [0.717, 1.165) is 11.3 Å². The molecule has 1 aromatic carbocycles. The summed E-state index contributed by atoms with van der Waals surface area (Å²) >= 11 is 1.75. The van der Waals surface area contributed by atoms with Crippen LogP contribution in [0.15, 0.2) is 18.2 Å². The van der Waals surface area contributed by atoms with Gasteiger partial charge in [-0.15, -0.1) is 0 Å². The normalized spacial score (nSPS) is 11.4. The standard InChI is InChI=1S/C11H16N2O2S/c1-11(2,3)16-7-8-4-5-9(12)10(6-8)13(14)15/h4-6H,7,12H2,1-3H3. The molecule has 88 valence electrons. The molecule has 5 heteroatoms. The van der Waals surface area contributed by atoms with Crippen LogP contribution in [-0.2, 0) is 5.75 Å². The maximum absolute atomic E-state index is 10.7. The Bertz CT molecular complexity index is 399. The number of rotatable bonds is 3. The van der Waals surface area contributed by atoms with Crippen LogP contribution in [0.5, 0.6) is 0 Å². The van der Waals surface area contributed by atoms with E-state index in [2.05, 4.69) is 20.8 Å². The first-order valence-electron chi connectivity index (χ1n) is 4.96. The fraction of sp³-hybridized carbons (Fsp3) is 0.455. The molecule has 0 spiro atoms. The van der Waals surface area contributed by atoms with Crippen molar-refractivity contribution in [3.05, 3.63) is 33.9 Å². The molecular formula is C11H16N2O2S. The van der Waals surface area contributed by atoms with Crippen molar-refractivity contribution in [1.29, 1.82) is 0 Å². The minimum atomic E-state index is -0.444. The van der Waals surface area contributed by atoms with Crippen LogP contribution in [0.2, 0.25) is 0 Å². The van der Waals surface area contributed by atoms with Gasteiger partial charge >= 0.3 is 0 Å². The van der Waals surface area contributed by atoms with Gasteiger partial charge in [-0.1, -0.05) is 26.8 Å². The number of hydrogen-bond donors (Lipinski definition) is 1. The van der Waals surface area contributed by atoms with E-state index in [0.29, 0.717) is 0 Å². The lowest BCUT2D eigenvalue weighted by Gasteiger charge is -2.17. The summed E-state index contributed by atoms with van der Waals surface area (Å²) in [5, 5.41) is 10.7. The highest BCUT2D eigenvalue weighted by Gasteiger charge is 2.14. The van der Waals surface area contributed by atoms with E-state index >= 15 is 0 Å². The number of hydrogen-bond acceptors (Lipinski definition) is 4. The maximum atomic E-state index is 10.7. The molecule has 0 unspecified atom stereocenters. The number of anilines is 1. The van der Waals surface area contributed by atoms with Crippen molar-refractivity contribution in [3.8, 4) is 0 Å². The summed E-state index contributed by atoms with van der Waals surface area (Å²) in [6.45, 7) is 6.34. The molecular weight excluding hydrogens is 224 g/mol. The molecule has 2 N–H and O–H groups in total. The Morgan fingerprint density at radius 2 is 2.06 bits per heavy atom. The Morgan fingerprint density at radius 3 is 2.56 bits per heavy atom. The van der Waals surface area contributed by atoms with Crippen LogP contribution in [0, 0.1) is 10.1 Å². The molecule has 0 heterocycles. The molecule has 4 nitrogen and oxygen atoms in total. The second kappa shape index (κ2) is 4.74. The van der Waals surface area contributed by atoms with Crippen molar-refractivity contribution in [2.75, 3.05) is 5.73 Å². The molecule has 1 aromatic rings. The van der Waals surface area contributed by atoms with Crippen LogP contribution in [0.3, 0.4) is 0 Å². The van der Waals surface area contributed by atoms with Gasteiger partial charge in [0, 0.05) is 16.6 Å². The van der Waals surface area contributed by atoms with E-state index in [4.69, 9.17) is 5.73 Å². The summed E-state index contributed by atoms with van der Waals surface area (Å²) in [6.07, 6.45) is 0. The van der Waals surface area contributed by atoms with E-state index in [1.54, 1.807) is 23.9 Å². The zero-order valence-electron chi connectivity index (χ0n) is 9.69. The third kappa shape index (κ3) is 3.73. The summed E-state index contributed by atoms with van der Waals surface area (Å²) in [5.74, 6) is 0.755. The summed E-state index contributed by atoms with van der Waals surface area (Å²) < 4.78 is 0.149. The molecule has 0 aliphatic heterocycles. The van der Waals surface area contributed by atoms with Crippen molar-refractivity contribution in [2.45, 2.75) is 31.3 Å². The average molecular weight is 240 g/mol. The highest BCUT2D eigenvalue weighted by atomic mass is 32.2. The molecule has 0 bridgehead atoms. The Balaban J connectivity index is 2.83. The molecule has 0 aliphatic carbocycles. The second-order valence-electron chi connectivity index (χ2n) is 4.55. The molecule has 0 saturated heterocycles. The minimum absolute atomic E-state index is 0.00740. The van der Waals surface area contributed by atoms with Crippen molar-refractivity contribution in [3.63, 3.8) is 0 Å². The van der Waals surface area contributed by atoms with Crippen LogP contribution in [0.4, 0.5) is 11.4 Å². The maximum Gasteiger partial charge on any atom is 0.292 e. The highest BCUT2D eigenvalue weighted by Crippen LogP contribution is 2.30. The summed E-state index contributed by atoms with van der Waals surface area (Å²) in [4.78, 5) is 10.3. The van der Waals surface area contributed by atoms with Gasteiger partial charge in [0.2, 0.25) is 0 Å². The van der Waals surface area contributed by atoms with E-state index < -0.39 is 4.92 Å². The van der Waals surface area contributed by atoms with Crippen molar-refractivity contribution >= 4 is 23.1 Å². The summed E-state index contributed by atoms with van der Waals surface area (Å²) in [7, 11) is 0. The van der Waals surface area contributed by atoms with E-state index in [-0.39, 0.29) is 16.1 Å². The van der Waals surface area contributed by atoms with E-state index in [1.165, 1.54) is 0 Å². The van der Waals surface area contributed by atoms with Crippen LogP contribution in [0.25, 0.3) is 0 Å². The highest BCUT2D eigenvalue weighted by molar-refractivity contribution is 7.99. The van der Waals surface area contributed by atoms with Gasteiger partial charge in [-0.2, -0.15) is 11.8 Å². The van der Waals surface area contributed by atoms with Crippen molar-refractivity contribution in [2.24, 2.45) is 0 Å². The first-order valence-corrected chi connectivity index (χ1v) is 5.95. The van der Waals surface area contributed by atoms with E-state index in [1.807, 2.05) is 6.07 Å². The fourth-order valence-electron chi connectivity index (χ4n) is 1.14. The number of nitrogens with two attached hydrogens (primary N) is 1. The largest absolute Gasteiger partial charge is 0.393 e. The summed E-state index contributed by atoms with van der Waals surface area (Å²) in [5.41, 5.74) is 6.66. The van der Waals surface area contributed by atoms with Gasteiger partial charge in [-0.05, 0) is 11.6 Å². The molecule has 0 saturated carbocycles. The van der Waals surface area contributed by atoms with Gasteiger partial charge in [0.25, 0.3) is 5.69 Å². The molecule has 0 aromatic heterocycles. The van der Waals surface area contributed by atoms with E-state index in [9.17, 15) is 10.1 Å². The van der Waals surface area contributed by atoms with Gasteiger partial charge in [-0.3, -0.25) is 10.1 Å². The number of nitro groups is 1. The molecule has 0 amide bonds. The second-order valence-corrected chi connectivity index (χ2v) is 6.35. The van der Waals surface area contributed by atoms with Crippen LogP contribution in [0.1, 0.15) is 26.3 Å². The monoisotopic (exact) mass is 240 g/mol. The van der Waals surface area contributed by atoms with Gasteiger partial charge in [0.15, 0.2) is 0 Å². The number of benzene rings is 1. The third-order valence-corrected chi connectivity index (χ3v) is 3.31. The predicted octanol–water partition coefficient (Wildman–Crippen LogP) is 3.21. The smallest absolute Gasteiger partial charge is 0.292 e. The summed E-state index contributed by atoms with van der Waals surface area (Å²) in [6, 6.07) is 4.98. The quantitative estimate of drug-likeness (QED) is 0.500. The van der Waals surface area contributed by atoms with Crippen molar-refractivity contribution < 1.29 is 4.92 Å². The minimum Gasteiger partial charge on any atom is -0.393 e. The zero-order chi connectivity index (χ0) is 12.3. The lowest BCUT2D eigenvalue weighted by molar-refractivity contribution is -0.383. The van der Waals surface area contributed by atoms with Gasteiger partial charge in [0.1, 0.15) is 5.69 Å². The lowest BCUT2D eigenvalue weighted by Crippen LogP contribution is -2.07. The van der Waals surface area contributed by atoms with Crippen LogP contribution in [-0.4, -0.2) is 9.67 Å². The molecule has 1 rings (SSSR count). The third-order valence-electron chi connectivity index (χ3n) is 1.96. The van der Waals surface area contributed by atoms with Crippen LogP contribution >= 0.6 is 11.8 Å². The van der Waals surface area contributed by atoms with Gasteiger partial charge in [-0.25, -0.2) is 0 Å².